The number of benzene rings is 5. The van der Waals surface area contributed by atoms with Crippen molar-refractivity contribution in [2.75, 3.05) is 19.0 Å². The fraction of sp³-hybridized carbons (Fsp3) is 0.0625. The van der Waals surface area contributed by atoms with Crippen LogP contribution in [0.1, 0.15) is 0 Å². The predicted molar refractivity (Wildman–Crippen MR) is 154 cm³/mol. The zero-order chi connectivity index (χ0) is 43.6. The molecule has 57 heavy (non-hydrogen) atoms. The van der Waals surface area contributed by atoms with Crippen LogP contribution in [0.4, 0.5) is 93.5 Å². The van der Waals surface area contributed by atoms with E-state index in [0.29, 0.717) is 19.0 Å². The Kier molecular flexibility index (Phi) is 12.2. The van der Waals surface area contributed by atoms with Crippen LogP contribution in [0.25, 0.3) is 44.5 Å². The van der Waals surface area contributed by atoms with Gasteiger partial charge in [-0.15, -0.1) is 0 Å². The number of hydrogen-bond donors (Lipinski definition) is 3. The third-order valence-electron chi connectivity index (χ3n) is 7.65. The molecule has 3 N–H and O–H groups in total. The molecule has 0 spiro atoms. The molecule has 0 heterocycles. The molecule has 5 aromatic rings. The molecule has 4 nitrogen and oxygen atoms in total. The van der Waals surface area contributed by atoms with Gasteiger partial charge in [0.05, 0.1) is 22.3 Å². The number of halogens is 20. The van der Waals surface area contributed by atoms with Crippen molar-refractivity contribution in [2.24, 2.45) is 0 Å². The number of hydrogen-bond acceptors (Lipinski definition) is 4. The summed E-state index contributed by atoms with van der Waals surface area (Å²) in [5.41, 5.74) is -21.6. The average molecular weight is 847 g/mol. The fourth-order valence-corrected chi connectivity index (χ4v) is 5.30. The molecule has 25 heteroatoms. The van der Waals surface area contributed by atoms with Crippen LogP contribution in [0.5, 0.6) is 0 Å². The molecule has 0 aromatic heterocycles. The molecule has 0 atom stereocenters. The second-order valence-corrected chi connectivity index (χ2v) is 11.1. The minimum atomic E-state index is -3.18. The molecule has 0 aliphatic rings. The lowest BCUT2D eigenvalue weighted by Crippen LogP contribution is -2.16. The van der Waals surface area contributed by atoms with Crippen molar-refractivity contribution in [3.63, 3.8) is 0 Å². The summed E-state index contributed by atoms with van der Waals surface area (Å²) in [5.74, 6) is -61.6. The van der Waals surface area contributed by atoms with E-state index in [-0.39, 0.29) is 6.07 Å². The summed E-state index contributed by atoms with van der Waals surface area (Å²) in [4.78, 5) is 0.306. The Balaban J connectivity index is 0.00000172. The van der Waals surface area contributed by atoms with E-state index in [9.17, 15) is 52.7 Å². The fourth-order valence-electron chi connectivity index (χ4n) is 5.30. The first-order valence-corrected chi connectivity index (χ1v) is 14.2. The quantitative estimate of drug-likeness (QED) is 0.0716. The van der Waals surface area contributed by atoms with Gasteiger partial charge in [0.1, 0.15) is 0 Å². The molecular weight excluding hydrogens is 837 g/mol. The van der Waals surface area contributed by atoms with Crippen molar-refractivity contribution in [2.45, 2.75) is 0 Å². The van der Waals surface area contributed by atoms with E-state index in [1.165, 1.54) is 0 Å². The van der Waals surface area contributed by atoms with E-state index in [2.05, 4.69) is 0 Å². The minimum Gasteiger partial charge on any atom is -0.402 e. The maximum absolute atomic E-state index is 15.7. The molecule has 0 aliphatic carbocycles. The normalized spacial score (nSPS) is 11.2. The molecule has 0 amide bonds. The van der Waals surface area contributed by atoms with Gasteiger partial charge in [0.15, 0.2) is 93.1 Å². The van der Waals surface area contributed by atoms with Gasteiger partial charge in [-0.05, 0) is 11.6 Å². The Morgan fingerprint density at radius 2 is 0.491 bits per heavy atom. The van der Waals surface area contributed by atoms with Crippen molar-refractivity contribution in [1.29, 1.82) is 0 Å². The summed E-state index contributed by atoms with van der Waals surface area (Å²) in [6.45, 7) is 0. The maximum Gasteiger partial charge on any atom is 0.631 e. The van der Waals surface area contributed by atoms with Crippen LogP contribution >= 0.6 is 0 Å². The summed E-state index contributed by atoms with van der Waals surface area (Å²) in [7, 11) is -0.902. The second kappa shape index (κ2) is 15.8. The van der Waals surface area contributed by atoms with Gasteiger partial charge < -0.3 is 20.0 Å². The molecule has 0 bridgehead atoms. The highest BCUT2D eigenvalue weighted by Gasteiger charge is 2.41. The molecule has 0 unspecified atom stereocenters. The SMILES string of the molecule is CN(C)c1cc(-c2c(F)c(F)c(F)c(F)c2F)c(-c2c(F)c(F)c(F)c(F)c2F)c(-c2c(F)c(F)c(F)c(F)c2F)c1-c1c(F)c(F)c(F)c(F)c1F.OB(O)O. The number of nitrogens with zero attached hydrogens (tertiary/aromatic N) is 1. The van der Waals surface area contributed by atoms with Gasteiger partial charge in [-0.25, -0.2) is 87.8 Å². The van der Waals surface area contributed by atoms with Gasteiger partial charge in [-0.1, -0.05) is 0 Å². The highest BCUT2D eigenvalue weighted by atomic mass is 19.2. The second-order valence-electron chi connectivity index (χ2n) is 11.1. The van der Waals surface area contributed by atoms with Gasteiger partial charge in [0.25, 0.3) is 0 Å². The van der Waals surface area contributed by atoms with Crippen molar-refractivity contribution in [3.05, 3.63) is 122 Å². The summed E-state index contributed by atoms with van der Waals surface area (Å²) >= 11 is 0. The summed E-state index contributed by atoms with van der Waals surface area (Å²) in [6.07, 6.45) is 0. The Labute approximate surface area is 302 Å². The van der Waals surface area contributed by atoms with Gasteiger partial charge in [0, 0.05) is 36.5 Å². The zero-order valence-corrected chi connectivity index (χ0v) is 27.0. The minimum absolute atomic E-state index is 0.214. The van der Waals surface area contributed by atoms with Crippen LogP contribution in [-0.2, 0) is 0 Å². The zero-order valence-electron chi connectivity index (χ0n) is 27.0. The highest BCUT2D eigenvalue weighted by molar-refractivity contribution is 6.30. The van der Waals surface area contributed by atoms with Gasteiger partial charge in [-0.2, -0.15) is 0 Å². The molecule has 0 aliphatic heterocycles. The summed E-state index contributed by atoms with van der Waals surface area (Å²) in [5, 5.41) is 21.5. The lowest BCUT2D eigenvalue weighted by atomic mass is 9.80. The van der Waals surface area contributed by atoms with Crippen molar-refractivity contribution < 1.29 is 103 Å². The third-order valence-corrected chi connectivity index (χ3v) is 7.65. The molecule has 0 saturated heterocycles. The van der Waals surface area contributed by atoms with Crippen molar-refractivity contribution in [3.8, 4) is 44.5 Å². The first-order chi connectivity index (χ1) is 26.3. The van der Waals surface area contributed by atoms with Gasteiger partial charge >= 0.3 is 7.32 Å². The standard InChI is InChI=1S/C32H7F20N.BH3O3/c1-53(2)5-3-4(7-13(33)21(41)29(49)22(42)14(7)34)6(10-15(35)23(43)30(50)24(44)16(10)36)9(12-19(39)27(47)32(52)28(48)20(12)40)8(5)11-17(37)25(45)31(51)26(46)18(11)38;2-1(3)4/h3H,1-2H3;2-4H. The lowest BCUT2D eigenvalue weighted by Gasteiger charge is -2.28. The lowest BCUT2D eigenvalue weighted by molar-refractivity contribution is 0.278. The van der Waals surface area contributed by atoms with Crippen LogP contribution < -0.4 is 4.90 Å². The first kappa shape index (κ1) is 44.2. The molecule has 0 fully saturated rings. The van der Waals surface area contributed by atoms with Crippen LogP contribution in [0.3, 0.4) is 0 Å². The van der Waals surface area contributed by atoms with E-state index < -0.39 is 174 Å². The molecule has 0 saturated carbocycles. The van der Waals surface area contributed by atoms with E-state index in [1.54, 1.807) is 0 Å². The largest absolute Gasteiger partial charge is 0.631 e. The van der Waals surface area contributed by atoms with Gasteiger partial charge in [0.2, 0.25) is 23.3 Å². The number of rotatable bonds is 5. The van der Waals surface area contributed by atoms with Crippen LogP contribution in [-0.4, -0.2) is 36.5 Å². The molecule has 5 rings (SSSR count). The molecular formula is C32H10BF20NO3. The van der Waals surface area contributed by atoms with Crippen LogP contribution in [0, 0.1) is 116 Å². The highest BCUT2D eigenvalue weighted by Crippen LogP contribution is 2.55. The average Bonchev–Trinajstić information content (AvgIpc) is 3.15. The van der Waals surface area contributed by atoms with E-state index in [0.717, 1.165) is 0 Å². The Morgan fingerprint density at radius 3 is 0.737 bits per heavy atom. The third kappa shape index (κ3) is 6.96. The van der Waals surface area contributed by atoms with Crippen LogP contribution in [0.15, 0.2) is 6.07 Å². The molecule has 5 aromatic carbocycles. The molecule has 0 radical (unpaired) electrons. The Bertz CT molecular complexity index is 2390. The Morgan fingerprint density at radius 1 is 0.298 bits per heavy atom. The summed E-state index contributed by atoms with van der Waals surface area (Å²) < 4.78 is 298. The number of anilines is 1. The van der Waals surface area contributed by atoms with Gasteiger partial charge in [-0.3, -0.25) is 0 Å². The smallest absolute Gasteiger partial charge is 0.402 e. The van der Waals surface area contributed by atoms with Crippen LogP contribution in [0.2, 0.25) is 0 Å². The van der Waals surface area contributed by atoms with Crippen molar-refractivity contribution >= 4 is 13.0 Å². The maximum atomic E-state index is 15.7. The monoisotopic (exact) mass is 847 g/mol. The molecule has 304 valence electrons. The van der Waals surface area contributed by atoms with E-state index >= 15 is 35.1 Å². The first-order valence-electron chi connectivity index (χ1n) is 14.2. The van der Waals surface area contributed by atoms with Crippen molar-refractivity contribution in [1.82, 2.24) is 0 Å². The topological polar surface area (TPSA) is 63.9 Å². The summed E-state index contributed by atoms with van der Waals surface area (Å²) in [6, 6.07) is -0.214. The van der Waals surface area contributed by atoms with E-state index in [1.807, 2.05) is 0 Å². The Hall–Kier alpha value is -5.56. The van der Waals surface area contributed by atoms with E-state index in [4.69, 9.17) is 15.1 Å². The predicted octanol–water partition coefficient (Wildman–Crippen LogP) is 9.15.